The van der Waals surface area contributed by atoms with Gasteiger partial charge < -0.3 is 10.5 Å². The average molecular weight is 454 g/mol. The summed E-state index contributed by atoms with van der Waals surface area (Å²) in [5, 5.41) is 7.05. The van der Waals surface area contributed by atoms with Crippen LogP contribution in [0.5, 0.6) is 5.75 Å². The smallest absolute Gasteiger partial charge is 0.403 e. The number of aromatic amines is 1. The molecule has 5 rings (SSSR count). The van der Waals surface area contributed by atoms with Gasteiger partial charge in [-0.15, -0.1) is 0 Å². The lowest BCUT2D eigenvalue weighted by atomic mass is 9.99. The maximum absolute atomic E-state index is 13.8. The summed E-state index contributed by atoms with van der Waals surface area (Å²) in [7, 11) is 1.32. The van der Waals surface area contributed by atoms with Crippen LogP contribution in [0, 0.1) is 5.41 Å². The van der Waals surface area contributed by atoms with Crippen LogP contribution in [0.3, 0.4) is 0 Å². The van der Waals surface area contributed by atoms with Gasteiger partial charge >= 0.3 is 6.18 Å². The van der Waals surface area contributed by atoms with Crippen molar-refractivity contribution in [1.82, 2.24) is 25.1 Å². The van der Waals surface area contributed by atoms with Crippen LogP contribution in [-0.4, -0.2) is 44.3 Å². The van der Waals surface area contributed by atoms with Gasteiger partial charge in [-0.25, -0.2) is 15.0 Å². The summed E-state index contributed by atoms with van der Waals surface area (Å²) < 4.78 is 46.6. The SMILES string of the molecule is COc1cc2ncnc(-c3cn[nH]c3-c3ccccc3)c2nc1C1CC1(C(N)=O)C(F)(F)F. The average Bonchev–Trinajstić information content (AvgIpc) is 3.41. The molecule has 8 nitrogen and oxygen atoms in total. The minimum atomic E-state index is -4.81. The summed E-state index contributed by atoms with van der Waals surface area (Å²) in [5.74, 6) is -2.60. The molecule has 0 bridgehead atoms. The maximum Gasteiger partial charge on any atom is 0.403 e. The standard InChI is InChI=1S/C22H17F3N6O2/c1-33-15-7-14-19(30-18(15)13-8-21(13,20(26)32)22(23,24)25)17(28-10-27-14)12-9-29-31-16(12)11-5-3-2-4-6-11/h2-7,9-10,13H,8H2,1H3,(H2,26,32)(H,29,31). The first-order valence-electron chi connectivity index (χ1n) is 9.93. The molecule has 0 aliphatic heterocycles. The molecule has 3 heterocycles. The number of primary amides is 1. The number of nitrogens with one attached hydrogen (secondary N) is 1. The van der Waals surface area contributed by atoms with Crippen LogP contribution in [-0.2, 0) is 4.79 Å². The van der Waals surface area contributed by atoms with Gasteiger partial charge in [-0.2, -0.15) is 18.3 Å². The van der Waals surface area contributed by atoms with Crippen molar-refractivity contribution in [3.05, 3.63) is 54.6 Å². The Morgan fingerprint density at radius 3 is 2.64 bits per heavy atom. The molecule has 2 atom stereocenters. The van der Waals surface area contributed by atoms with E-state index in [0.717, 1.165) is 5.56 Å². The van der Waals surface area contributed by atoms with Crippen molar-refractivity contribution in [1.29, 1.82) is 0 Å². The molecule has 1 saturated carbocycles. The fourth-order valence-electron chi connectivity index (χ4n) is 4.20. The van der Waals surface area contributed by atoms with Crippen LogP contribution < -0.4 is 10.5 Å². The van der Waals surface area contributed by atoms with Gasteiger partial charge in [-0.3, -0.25) is 9.89 Å². The number of hydrogen-bond acceptors (Lipinski definition) is 6. The number of rotatable bonds is 5. The van der Waals surface area contributed by atoms with Crippen LogP contribution in [0.2, 0.25) is 0 Å². The quantitative estimate of drug-likeness (QED) is 0.475. The van der Waals surface area contributed by atoms with Crippen LogP contribution in [0.4, 0.5) is 13.2 Å². The molecule has 1 aromatic carbocycles. The number of fused-ring (bicyclic) bond motifs is 1. The number of hydrogen-bond donors (Lipinski definition) is 2. The van der Waals surface area contributed by atoms with Gasteiger partial charge in [0, 0.05) is 23.1 Å². The summed E-state index contributed by atoms with van der Waals surface area (Å²) in [5.41, 5.74) is 5.62. The lowest BCUT2D eigenvalue weighted by Crippen LogP contribution is -2.39. The highest BCUT2D eigenvalue weighted by Gasteiger charge is 2.76. The van der Waals surface area contributed by atoms with Crippen molar-refractivity contribution < 1.29 is 22.7 Å². The predicted octanol–water partition coefficient (Wildman–Crippen LogP) is 3.61. The monoisotopic (exact) mass is 454 g/mol. The molecule has 1 aliphatic carbocycles. The zero-order chi connectivity index (χ0) is 23.4. The Bertz CT molecular complexity index is 1370. The van der Waals surface area contributed by atoms with Crippen LogP contribution >= 0.6 is 0 Å². The molecule has 1 fully saturated rings. The van der Waals surface area contributed by atoms with Crippen molar-refractivity contribution >= 4 is 16.9 Å². The van der Waals surface area contributed by atoms with E-state index in [2.05, 4.69) is 25.1 Å². The van der Waals surface area contributed by atoms with Crippen LogP contribution in [0.25, 0.3) is 33.5 Å². The molecule has 3 aromatic heterocycles. The fourth-order valence-corrected chi connectivity index (χ4v) is 4.20. The van der Waals surface area contributed by atoms with Crippen molar-refractivity contribution in [2.45, 2.75) is 18.5 Å². The molecule has 1 amide bonds. The Kier molecular flexibility index (Phi) is 4.59. The number of amides is 1. The van der Waals surface area contributed by atoms with Gasteiger partial charge in [0.25, 0.3) is 0 Å². The number of nitrogens with zero attached hydrogens (tertiary/aromatic N) is 4. The molecule has 3 N–H and O–H groups in total. The number of aromatic nitrogens is 5. The first kappa shape index (κ1) is 20.9. The second-order valence-electron chi connectivity index (χ2n) is 7.78. The Morgan fingerprint density at radius 2 is 2.00 bits per heavy atom. The van der Waals surface area contributed by atoms with Gasteiger partial charge in [-0.05, 0) is 6.42 Å². The lowest BCUT2D eigenvalue weighted by molar-refractivity contribution is -0.192. The molecule has 0 spiro atoms. The van der Waals surface area contributed by atoms with E-state index < -0.39 is 29.8 Å². The maximum atomic E-state index is 13.8. The first-order valence-corrected chi connectivity index (χ1v) is 9.93. The highest BCUT2D eigenvalue weighted by molar-refractivity contribution is 5.94. The number of nitrogens with two attached hydrogens (primary N) is 1. The molecule has 1 aliphatic rings. The number of H-pyrrole nitrogens is 1. The summed E-state index contributed by atoms with van der Waals surface area (Å²) >= 11 is 0. The van der Waals surface area contributed by atoms with E-state index in [0.29, 0.717) is 22.5 Å². The van der Waals surface area contributed by atoms with E-state index in [9.17, 15) is 18.0 Å². The topological polar surface area (TPSA) is 120 Å². The molecule has 0 saturated heterocycles. The third-order valence-electron chi connectivity index (χ3n) is 6.02. The Morgan fingerprint density at radius 1 is 1.24 bits per heavy atom. The normalized spacial score (nSPS) is 20.1. The highest BCUT2D eigenvalue weighted by Crippen LogP contribution is 2.68. The molecule has 2 unspecified atom stereocenters. The molecule has 4 aromatic rings. The summed E-state index contributed by atoms with van der Waals surface area (Å²) in [6, 6.07) is 10.9. The molecular weight excluding hydrogens is 437 g/mol. The first-order chi connectivity index (χ1) is 15.8. The fraction of sp³-hybridized carbons (Fsp3) is 0.227. The number of ether oxygens (including phenoxy) is 1. The van der Waals surface area contributed by atoms with E-state index in [4.69, 9.17) is 10.5 Å². The predicted molar refractivity (Wildman–Crippen MR) is 112 cm³/mol. The third kappa shape index (κ3) is 3.11. The molecule has 0 radical (unpaired) electrons. The Balaban J connectivity index is 1.70. The number of carbonyl (C=O) groups excluding carboxylic acids is 1. The van der Waals surface area contributed by atoms with Crippen molar-refractivity contribution in [3.8, 4) is 28.3 Å². The van der Waals surface area contributed by atoms with E-state index >= 15 is 0 Å². The third-order valence-corrected chi connectivity index (χ3v) is 6.02. The number of methoxy groups -OCH3 is 1. The second kappa shape index (κ2) is 7.26. The zero-order valence-electron chi connectivity index (χ0n) is 17.2. The highest BCUT2D eigenvalue weighted by atomic mass is 19.4. The number of carbonyl (C=O) groups is 1. The van der Waals surface area contributed by atoms with E-state index in [1.54, 1.807) is 6.20 Å². The molecule has 33 heavy (non-hydrogen) atoms. The second-order valence-corrected chi connectivity index (χ2v) is 7.78. The minimum absolute atomic E-state index is 0.0121. The van der Waals surface area contributed by atoms with E-state index in [1.165, 1.54) is 19.5 Å². The number of halogens is 3. The van der Waals surface area contributed by atoms with E-state index in [1.807, 2.05) is 30.3 Å². The number of alkyl halides is 3. The van der Waals surface area contributed by atoms with Crippen LogP contribution in [0.15, 0.2) is 48.9 Å². The Hall–Kier alpha value is -4.02. The van der Waals surface area contributed by atoms with Gasteiger partial charge in [0.2, 0.25) is 5.91 Å². The number of pyridine rings is 1. The van der Waals surface area contributed by atoms with E-state index in [-0.39, 0.29) is 17.0 Å². The lowest BCUT2D eigenvalue weighted by Gasteiger charge is -2.18. The van der Waals surface area contributed by atoms with Gasteiger partial charge in [0.1, 0.15) is 23.3 Å². The largest absolute Gasteiger partial charge is 0.495 e. The molecular formula is C22H17F3N6O2. The van der Waals surface area contributed by atoms with Crippen LogP contribution in [0.1, 0.15) is 18.0 Å². The summed E-state index contributed by atoms with van der Waals surface area (Å²) in [6.45, 7) is 0. The molecule has 168 valence electrons. The van der Waals surface area contributed by atoms with Gasteiger partial charge in [0.05, 0.1) is 30.2 Å². The Labute approximate surface area is 185 Å². The summed E-state index contributed by atoms with van der Waals surface area (Å²) in [6.07, 6.45) is -2.41. The zero-order valence-corrected chi connectivity index (χ0v) is 17.2. The molecule has 11 heteroatoms. The van der Waals surface area contributed by atoms with Gasteiger partial charge in [0.15, 0.2) is 5.41 Å². The number of benzene rings is 1. The summed E-state index contributed by atoms with van der Waals surface area (Å²) in [4.78, 5) is 24.9. The van der Waals surface area contributed by atoms with Crippen molar-refractivity contribution in [2.24, 2.45) is 11.1 Å². The van der Waals surface area contributed by atoms with Gasteiger partial charge in [-0.1, -0.05) is 30.3 Å². The van der Waals surface area contributed by atoms with Crippen molar-refractivity contribution in [3.63, 3.8) is 0 Å². The minimum Gasteiger partial charge on any atom is -0.495 e. The van der Waals surface area contributed by atoms with Crippen molar-refractivity contribution in [2.75, 3.05) is 7.11 Å².